The smallest absolute Gasteiger partial charge is 0.234 e. The fourth-order valence-corrected chi connectivity index (χ4v) is 2.98. The molecular weight excluding hydrogens is 314 g/mol. The first kappa shape index (κ1) is 15.4. The number of nitrogens with one attached hydrogen (secondary N) is 1. The minimum atomic E-state index is -0.0135. The number of ether oxygens (including phenoxy) is 1. The number of fused-ring (bicyclic) bond motifs is 1. The molecule has 0 unspecified atom stereocenters. The number of carbonyl (C=O) groups excluding carboxylic acids is 1. The Labute approximate surface area is 137 Å². The minimum absolute atomic E-state index is 0.0135. The van der Waals surface area contributed by atoms with Gasteiger partial charge >= 0.3 is 0 Å². The molecule has 8 heteroatoms. The Morgan fingerprint density at radius 3 is 3.04 bits per heavy atom. The lowest BCUT2D eigenvalue weighted by molar-refractivity contribution is -0.116. The van der Waals surface area contributed by atoms with Crippen molar-refractivity contribution in [3.8, 4) is 16.3 Å². The third-order valence-electron chi connectivity index (χ3n) is 3.36. The molecule has 0 aliphatic carbocycles. The van der Waals surface area contributed by atoms with Gasteiger partial charge in [-0.2, -0.15) is 9.61 Å². The molecule has 7 nitrogen and oxygen atoms in total. The fraction of sp³-hybridized carbons (Fsp3) is 0.333. The molecule has 2 aromatic heterocycles. The largest absolute Gasteiger partial charge is 0.495 e. The highest BCUT2D eigenvalue weighted by Crippen LogP contribution is 2.32. The summed E-state index contributed by atoms with van der Waals surface area (Å²) in [6, 6.07) is 5.60. The van der Waals surface area contributed by atoms with Gasteiger partial charge in [0, 0.05) is 12.0 Å². The molecule has 0 bridgehead atoms. The second-order valence-corrected chi connectivity index (χ2v) is 5.99. The van der Waals surface area contributed by atoms with E-state index in [9.17, 15) is 4.79 Å². The number of anilines is 1. The zero-order valence-electron chi connectivity index (χ0n) is 12.9. The topological polar surface area (TPSA) is 81.4 Å². The SMILES string of the molecule is CCCCC(=O)Nc1cc(-c2nn3cnnc3s2)ccc1OC. The molecule has 3 aromatic rings. The number of hydrogen-bond donors (Lipinski definition) is 1. The number of aromatic nitrogens is 4. The summed E-state index contributed by atoms with van der Waals surface area (Å²) in [6.45, 7) is 2.06. The van der Waals surface area contributed by atoms with Crippen LogP contribution in [0.5, 0.6) is 5.75 Å². The zero-order valence-corrected chi connectivity index (χ0v) is 13.8. The van der Waals surface area contributed by atoms with E-state index in [0.717, 1.165) is 28.4 Å². The van der Waals surface area contributed by atoms with E-state index in [1.807, 2.05) is 18.2 Å². The van der Waals surface area contributed by atoms with Gasteiger partial charge in [0.15, 0.2) is 0 Å². The fourth-order valence-electron chi connectivity index (χ4n) is 2.17. The Bertz CT molecular complexity index is 798. The number of methoxy groups -OCH3 is 1. The molecule has 1 N–H and O–H groups in total. The van der Waals surface area contributed by atoms with Crippen LogP contribution in [0.3, 0.4) is 0 Å². The van der Waals surface area contributed by atoms with Gasteiger partial charge in [0.1, 0.15) is 17.1 Å². The Morgan fingerprint density at radius 1 is 1.43 bits per heavy atom. The van der Waals surface area contributed by atoms with Crippen LogP contribution >= 0.6 is 11.3 Å². The van der Waals surface area contributed by atoms with Crippen LogP contribution in [0.2, 0.25) is 0 Å². The highest BCUT2D eigenvalue weighted by atomic mass is 32.1. The van der Waals surface area contributed by atoms with Gasteiger partial charge < -0.3 is 10.1 Å². The van der Waals surface area contributed by atoms with Crippen LogP contribution in [0.4, 0.5) is 5.69 Å². The maximum atomic E-state index is 12.0. The number of benzene rings is 1. The highest BCUT2D eigenvalue weighted by Gasteiger charge is 2.12. The van der Waals surface area contributed by atoms with Crippen LogP contribution < -0.4 is 10.1 Å². The van der Waals surface area contributed by atoms with Crippen LogP contribution in [0.15, 0.2) is 24.5 Å². The third-order valence-corrected chi connectivity index (χ3v) is 4.33. The molecule has 2 heterocycles. The zero-order chi connectivity index (χ0) is 16.2. The first-order valence-corrected chi connectivity index (χ1v) is 8.18. The van der Waals surface area contributed by atoms with Crippen molar-refractivity contribution >= 4 is 27.9 Å². The second-order valence-electron chi connectivity index (χ2n) is 5.03. The molecule has 1 aromatic carbocycles. The number of rotatable bonds is 6. The van der Waals surface area contributed by atoms with Gasteiger partial charge in [0.2, 0.25) is 10.9 Å². The number of amides is 1. The average molecular weight is 331 g/mol. The van der Waals surface area contributed by atoms with Gasteiger partial charge in [-0.05, 0) is 24.6 Å². The summed E-state index contributed by atoms with van der Waals surface area (Å²) in [5, 5.41) is 15.9. The number of unbranched alkanes of at least 4 members (excludes halogenated alkanes) is 1. The summed E-state index contributed by atoms with van der Waals surface area (Å²) < 4.78 is 6.95. The summed E-state index contributed by atoms with van der Waals surface area (Å²) in [7, 11) is 1.58. The normalized spacial score (nSPS) is 10.9. The lowest BCUT2D eigenvalue weighted by Crippen LogP contribution is -2.11. The van der Waals surface area contributed by atoms with Crippen LogP contribution in [0.1, 0.15) is 26.2 Å². The average Bonchev–Trinajstić information content (AvgIpc) is 3.14. The Morgan fingerprint density at radius 2 is 2.30 bits per heavy atom. The summed E-state index contributed by atoms with van der Waals surface area (Å²) in [5.41, 5.74) is 1.55. The molecular formula is C15H17N5O2S. The van der Waals surface area contributed by atoms with Crippen molar-refractivity contribution in [2.75, 3.05) is 12.4 Å². The van der Waals surface area contributed by atoms with E-state index in [1.54, 1.807) is 18.0 Å². The predicted molar refractivity (Wildman–Crippen MR) is 88.8 cm³/mol. The number of carbonyl (C=O) groups is 1. The molecule has 120 valence electrons. The molecule has 0 fully saturated rings. The van der Waals surface area contributed by atoms with Crippen molar-refractivity contribution in [3.63, 3.8) is 0 Å². The first-order valence-electron chi connectivity index (χ1n) is 7.36. The maximum absolute atomic E-state index is 12.0. The quantitative estimate of drug-likeness (QED) is 0.751. The van der Waals surface area contributed by atoms with Crippen LogP contribution in [-0.4, -0.2) is 32.8 Å². The van der Waals surface area contributed by atoms with Gasteiger partial charge in [0.05, 0.1) is 12.8 Å². The van der Waals surface area contributed by atoms with Crippen molar-refractivity contribution < 1.29 is 9.53 Å². The summed E-state index contributed by atoms with van der Waals surface area (Å²) in [4.78, 5) is 12.7. The molecule has 3 rings (SSSR count). The van der Waals surface area contributed by atoms with Gasteiger partial charge in [-0.1, -0.05) is 24.7 Å². The van der Waals surface area contributed by atoms with Crippen molar-refractivity contribution in [2.24, 2.45) is 0 Å². The van der Waals surface area contributed by atoms with Gasteiger partial charge in [-0.3, -0.25) is 4.79 Å². The summed E-state index contributed by atoms with van der Waals surface area (Å²) >= 11 is 1.44. The Balaban J connectivity index is 1.89. The minimum Gasteiger partial charge on any atom is -0.495 e. The monoisotopic (exact) mass is 331 g/mol. The molecule has 23 heavy (non-hydrogen) atoms. The molecule has 0 atom stereocenters. The van der Waals surface area contributed by atoms with Gasteiger partial charge in [-0.25, -0.2) is 0 Å². The van der Waals surface area contributed by atoms with E-state index in [1.165, 1.54) is 11.3 Å². The molecule has 0 radical (unpaired) electrons. The Kier molecular flexibility index (Phi) is 4.52. The molecule has 0 aliphatic rings. The number of nitrogens with zero attached hydrogens (tertiary/aromatic N) is 4. The van der Waals surface area contributed by atoms with Crippen molar-refractivity contribution in [3.05, 3.63) is 24.5 Å². The van der Waals surface area contributed by atoms with Gasteiger partial charge in [-0.15, -0.1) is 10.2 Å². The predicted octanol–water partition coefficient (Wildman–Crippen LogP) is 2.99. The molecule has 0 saturated heterocycles. The summed E-state index contributed by atoms with van der Waals surface area (Å²) in [6.07, 6.45) is 3.91. The molecule has 1 amide bonds. The molecule has 0 aliphatic heterocycles. The second kappa shape index (κ2) is 6.74. The van der Waals surface area contributed by atoms with E-state index in [4.69, 9.17) is 4.74 Å². The lowest BCUT2D eigenvalue weighted by atomic mass is 10.2. The van der Waals surface area contributed by atoms with E-state index in [0.29, 0.717) is 17.9 Å². The van der Waals surface area contributed by atoms with Crippen molar-refractivity contribution in [2.45, 2.75) is 26.2 Å². The first-order chi connectivity index (χ1) is 11.2. The molecule has 0 spiro atoms. The van der Waals surface area contributed by atoms with Crippen LogP contribution in [-0.2, 0) is 4.79 Å². The molecule has 0 saturated carbocycles. The lowest BCUT2D eigenvalue weighted by Gasteiger charge is -2.11. The number of hydrogen-bond acceptors (Lipinski definition) is 6. The third kappa shape index (κ3) is 3.31. The summed E-state index contributed by atoms with van der Waals surface area (Å²) in [5.74, 6) is 0.613. The van der Waals surface area contributed by atoms with E-state index in [-0.39, 0.29) is 5.91 Å². The maximum Gasteiger partial charge on any atom is 0.234 e. The van der Waals surface area contributed by atoms with Gasteiger partial charge in [0.25, 0.3) is 0 Å². The van der Waals surface area contributed by atoms with Crippen molar-refractivity contribution in [1.82, 2.24) is 19.8 Å². The standard InChI is InChI=1S/C15H17N5O2S/c1-3-4-5-13(21)17-11-8-10(6-7-12(11)22-2)14-19-20-9-16-18-15(20)23-14/h6-9H,3-5H2,1-2H3,(H,17,21). The van der Waals surface area contributed by atoms with Crippen LogP contribution in [0, 0.1) is 0 Å². The highest BCUT2D eigenvalue weighted by molar-refractivity contribution is 7.19. The van der Waals surface area contributed by atoms with E-state index >= 15 is 0 Å². The van der Waals surface area contributed by atoms with Crippen molar-refractivity contribution in [1.29, 1.82) is 0 Å². The van der Waals surface area contributed by atoms with E-state index < -0.39 is 0 Å². The van der Waals surface area contributed by atoms with Crippen LogP contribution in [0.25, 0.3) is 15.5 Å². The van der Waals surface area contributed by atoms with E-state index in [2.05, 4.69) is 27.5 Å². The Hall–Kier alpha value is -2.48.